The van der Waals surface area contributed by atoms with Gasteiger partial charge in [-0.1, -0.05) is 38.2 Å². The van der Waals surface area contributed by atoms with E-state index in [0.717, 1.165) is 6.08 Å². The Labute approximate surface area is 272 Å². The first kappa shape index (κ1) is 39.7. The summed E-state index contributed by atoms with van der Waals surface area (Å²) in [6.45, 7) is 8.09. The zero-order chi connectivity index (χ0) is 33.1. The Morgan fingerprint density at radius 3 is 2.40 bits per heavy atom. The molecule has 2 amide bonds. The Kier molecular flexibility index (Phi) is 16.4. The zero-order valence-corrected chi connectivity index (χ0v) is 28.2. The van der Waals surface area contributed by atoms with Crippen LogP contribution < -0.4 is 16.4 Å². The first-order chi connectivity index (χ1) is 20.7. The van der Waals surface area contributed by atoms with Gasteiger partial charge in [-0.2, -0.15) is 0 Å². The highest BCUT2D eigenvalue weighted by atomic mass is 35.5. The second kappa shape index (κ2) is 18.6. The number of hydrogen-bond acceptors (Lipinski definition) is 10. The highest BCUT2D eigenvalue weighted by molar-refractivity contribution is 6.23. The SMILES string of the molecule is COC1/C=C\C=C(/C)C(=O)NC2=CC(=O)C(NCCN(C)C)=C(C[C@@H](C)C[C@H](OC)[C@@H](O)[C@@H](C)/C=C(\C)[C@@H]1OC(N)=O)C2=O.Cl. The monoisotopic (exact) mass is 652 g/mol. The highest BCUT2D eigenvalue weighted by Gasteiger charge is 2.33. The van der Waals surface area contributed by atoms with Gasteiger partial charge in [-0.05, 0) is 52.3 Å². The molecule has 1 unspecified atom stereocenters. The number of Topliss-reactive ketones (excluding diaryl/α,β-unsaturated/α-hetero) is 1. The number of nitrogens with zero attached hydrogens (tertiary/aromatic N) is 1. The maximum Gasteiger partial charge on any atom is 0.405 e. The van der Waals surface area contributed by atoms with Gasteiger partial charge in [0.05, 0.1) is 23.6 Å². The summed E-state index contributed by atoms with van der Waals surface area (Å²) in [5.74, 6) is -2.06. The van der Waals surface area contributed by atoms with Crippen molar-refractivity contribution in [1.29, 1.82) is 0 Å². The van der Waals surface area contributed by atoms with Crippen molar-refractivity contribution in [2.24, 2.45) is 17.6 Å². The van der Waals surface area contributed by atoms with Crippen molar-refractivity contribution in [2.75, 3.05) is 41.4 Å². The smallest absolute Gasteiger partial charge is 0.405 e. The summed E-state index contributed by atoms with van der Waals surface area (Å²) in [7, 11) is 6.74. The topological polar surface area (TPSA) is 170 Å². The van der Waals surface area contributed by atoms with Crippen LogP contribution in [-0.2, 0) is 28.6 Å². The third-order valence-corrected chi connectivity index (χ3v) is 7.65. The molecule has 1 aliphatic heterocycles. The largest absolute Gasteiger partial charge is 0.439 e. The second-order valence-electron chi connectivity index (χ2n) is 11.7. The second-order valence-corrected chi connectivity index (χ2v) is 11.7. The summed E-state index contributed by atoms with van der Waals surface area (Å²) in [6.07, 6.45) is 3.88. The molecular formula is C32H49ClN4O8. The van der Waals surface area contributed by atoms with Gasteiger partial charge in [0.1, 0.15) is 6.10 Å². The number of ketones is 2. The van der Waals surface area contributed by atoms with Gasteiger partial charge in [0.2, 0.25) is 11.6 Å². The van der Waals surface area contributed by atoms with Gasteiger partial charge < -0.3 is 40.6 Å². The molecule has 12 nitrogen and oxygen atoms in total. The molecule has 0 aromatic heterocycles. The van der Waals surface area contributed by atoms with E-state index < -0.39 is 53.9 Å². The van der Waals surface area contributed by atoms with Crippen LogP contribution in [-0.4, -0.2) is 99.4 Å². The zero-order valence-electron chi connectivity index (χ0n) is 27.4. The normalized spacial score (nSPS) is 30.3. The minimum absolute atomic E-state index is 0. The van der Waals surface area contributed by atoms with Gasteiger partial charge >= 0.3 is 6.09 Å². The average Bonchev–Trinajstić information content (AvgIpc) is 2.95. The number of rotatable bonds is 7. The van der Waals surface area contributed by atoms with E-state index in [4.69, 9.17) is 19.9 Å². The average molecular weight is 653 g/mol. The van der Waals surface area contributed by atoms with Crippen molar-refractivity contribution >= 4 is 36.0 Å². The summed E-state index contributed by atoms with van der Waals surface area (Å²) in [5, 5.41) is 17.0. The first-order valence-electron chi connectivity index (χ1n) is 14.7. The summed E-state index contributed by atoms with van der Waals surface area (Å²) in [5.41, 5.74) is 6.55. The Bertz CT molecular complexity index is 1240. The number of aliphatic hydroxyl groups is 1. The predicted octanol–water partition coefficient (Wildman–Crippen LogP) is 2.34. The molecule has 0 saturated heterocycles. The molecule has 2 bridgehead atoms. The van der Waals surface area contributed by atoms with Crippen LogP contribution in [0.1, 0.15) is 40.5 Å². The van der Waals surface area contributed by atoms with Gasteiger partial charge in [-0.15, -0.1) is 12.4 Å². The van der Waals surface area contributed by atoms with Gasteiger partial charge in [0, 0.05) is 50.4 Å². The van der Waals surface area contributed by atoms with E-state index in [-0.39, 0.29) is 47.3 Å². The van der Waals surface area contributed by atoms with E-state index >= 15 is 0 Å². The minimum atomic E-state index is -0.997. The number of fused-ring (bicyclic) bond motifs is 2. The van der Waals surface area contributed by atoms with E-state index in [1.807, 2.05) is 32.8 Å². The molecule has 0 radical (unpaired) electrons. The molecule has 2 aliphatic rings. The number of amides is 2. The lowest BCUT2D eigenvalue weighted by Gasteiger charge is -2.30. The lowest BCUT2D eigenvalue weighted by Crippen LogP contribution is -2.38. The molecule has 252 valence electrons. The van der Waals surface area contributed by atoms with Gasteiger partial charge in [-0.3, -0.25) is 14.4 Å². The third-order valence-electron chi connectivity index (χ3n) is 7.65. The van der Waals surface area contributed by atoms with Crippen molar-refractivity contribution in [1.82, 2.24) is 15.5 Å². The van der Waals surface area contributed by atoms with Gasteiger partial charge in [-0.25, -0.2) is 4.79 Å². The van der Waals surface area contributed by atoms with Crippen LogP contribution in [0.3, 0.4) is 0 Å². The Balaban J connectivity index is 0.0000101. The molecule has 5 N–H and O–H groups in total. The van der Waals surface area contributed by atoms with Crippen LogP contribution in [0.25, 0.3) is 0 Å². The van der Waals surface area contributed by atoms with E-state index in [1.165, 1.54) is 20.3 Å². The lowest BCUT2D eigenvalue weighted by molar-refractivity contribution is -0.120. The number of likely N-dealkylation sites (N-methyl/N-ethyl adjacent to an activating group) is 1. The number of aliphatic hydroxyl groups excluding tert-OH is 1. The summed E-state index contributed by atoms with van der Waals surface area (Å²) >= 11 is 0. The maximum atomic E-state index is 13.7. The lowest BCUT2D eigenvalue weighted by atomic mass is 9.85. The molecule has 6 atom stereocenters. The molecular weight excluding hydrogens is 604 g/mol. The number of primary amides is 1. The standard InChI is InChI=1S/C32H48N4O8.ClH/c1-18-14-22-27(34-12-13-36(5)6)24(37)17-23(29(22)39)35-31(40)19(2)10-9-11-25(42-7)30(44-32(33)41)21(4)16-20(3)28(38)26(15-18)43-8;/h9-11,16-18,20,25-26,28,30,34,38H,12-15H2,1-8H3,(H2,33,41)(H,35,40);1H/b11-9-,19-10+,21-16+;/t18-,20+,25?,26+,28+,30+;/m1./s1. The fraction of sp³-hybridized carbons (Fsp3) is 0.562. The van der Waals surface area contributed by atoms with E-state index in [1.54, 1.807) is 32.1 Å². The summed E-state index contributed by atoms with van der Waals surface area (Å²) < 4.78 is 16.6. The van der Waals surface area contributed by atoms with Gasteiger partial charge in [0.15, 0.2) is 6.10 Å². The molecule has 1 heterocycles. The highest BCUT2D eigenvalue weighted by Crippen LogP contribution is 2.28. The number of hydrogen-bond donors (Lipinski definition) is 4. The number of allylic oxidation sites excluding steroid dienone is 4. The Hall–Kier alpha value is -3.29. The van der Waals surface area contributed by atoms with Crippen LogP contribution in [0.4, 0.5) is 4.79 Å². The fourth-order valence-corrected chi connectivity index (χ4v) is 5.18. The summed E-state index contributed by atoms with van der Waals surface area (Å²) in [6, 6.07) is 0. The molecule has 1 aliphatic carbocycles. The van der Waals surface area contributed by atoms with E-state index in [9.17, 15) is 24.3 Å². The number of nitrogens with one attached hydrogen (secondary N) is 2. The van der Waals surface area contributed by atoms with E-state index in [2.05, 4.69) is 10.6 Å². The number of ether oxygens (including phenoxy) is 3. The first-order valence-corrected chi connectivity index (χ1v) is 14.7. The van der Waals surface area contributed by atoms with Crippen molar-refractivity contribution in [2.45, 2.75) is 65.0 Å². The predicted molar refractivity (Wildman–Crippen MR) is 173 cm³/mol. The fourth-order valence-electron chi connectivity index (χ4n) is 5.18. The maximum absolute atomic E-state index is 13.7. The molecule has 13 heteroatoms. The molecule has 45 heavy (non-hydrogen) atoms. The van der Waals surface area contributed by atoms with Crippen LogP contribution in [0.5, 0.6) is 0 Å². The molecule has 0 fully saturated rings. The molecule has 0 spiro atoms. The molecule has 2 rings (SSSR count). The number of methoxy groups -OCH3 is 2. The Morgan fingerprint density at radius 2 is 1.82 bits per heavy atom. The minimum Gasteiger partial charge on any atom is -0.439 e. The number of halogens is 1. The number of carbonyl (C=O) groups is 4. The summed E-state index contributed by atoms with van der Waals surface area (Å²) in [4.78, 5) is 53.7. The van der Waals surface area contributed by atoms with Crippen molar-refractivity contribution in [3.8, 4) is 0 Å². The molecule has 0 aromatic rings. The van der Waals surface area contributed by atoms with Crippen molar-refractivity contribution in [3.63, 3.8) is 0 Å². The van der Waals surface area contributed by atoms with Crippen LogP contribution in [0.15, 0.2) is 58.5 Å². The Morgan fingerprint density at radius 1 is 1.16 bits per heavy atom. The molecule has 0 saturated carbocycles. The molecule has 0 aromatic carbocycles. The van der Waals surface area contributed by atoms with Gasteiger partial charge in [0.25, 0.3) is 5.91 Å². The van der Waals surface area contributed by atoms with Crippen molar-refractivity contribution in [3.05, 3.63) is 58.5 Å². The van der Waals surface area contributed by atoms with Crippen LogP contribution in [0, 0.1) is 11.8 Å². The van der Waals surface area contributed by atoms with Crippen LogP contribution >= 0.6 is 12.4 Å². The quantitative estimate of drug-likeness (QED) is 0.237. The number of nitrogens with two attached hydrogens (primary N) is 1. The van der Waals surface area contributed by atoms with Crippen molar-refractivity contribution < 1.29 is 38.5 Å². The van der Waals surface area contributed by atoms with E-state index in [0.29, 0.717) is 25.1 Å². The van der Waals surface area contributed by atoms with Crippen LogP contribution in [0.2, 0.25) is 0 Å². The number of carbonyl (C=O) groups excluding carboxylic acids is 4. The third kappa shape index (κ3) is 11.5.